The number of aliphatic hydroxyl groups excluding tert-OH is 3. The maximum absolute atomic E-state index is 11.3. The van der Waals surface area contributed by atoms with Crippen LogP contribution in [-0.2, 0) is 9.53 Å². The van der Waals surface area contributed by atoms with Crippen molar-refractivity contribution in [2.24, 2.45) is 0 Å². The number of halogens is 1. The van der Waals surface area contributed by atoms with Gasteiger partial charge < -0.3 is 30.1 Å². The number of hydrogen-bond donors (Lipinski definition) is 4. The molecule has 4 N–H and O–H groups in total. The minimum atomic E-state index is -1.34. The van der Waals surface area contributed by atoms with Crippen LogP contribution in [0, 0.1) is 0 Å². The van der Waals surface area contributed by atoms with E-state index >= 15 is 0 Å². The normalized spacial score (nSPS) is 31.6. The highest BCUT2D eigenvalue weighted by Crippen LogP contribution is 2.25. The first kappa shape index (κ1) is 17.0. The first-order valence-electron chi connectivity index (χ1n) is 6.74. The zero-order valence-electron chi connectivity index (χ0n) is 11.8. The van der Waals surface area contributed by atoms with E-state index in [0.29, 0.717) is 10.8 Å². The minimum Gasteiger partial charge on any atom is -0.463 e. The zero-order chi connectivity index (χ0) is 16.3. The monoisotopic (exact) mass is 331 g/mol. The lowest BCUT2D eigenvalue weighted by Crippen LogP contribution is -2.65. The third-order valence-electron chi connectivity index (χ3n) is 3.32. The maximum Gasteiger partial charge on any atom is 0.223 e. The molecule has 1 saturated heterocycles. The van der Waals surface area contributed by atoms with Gasteiger partial charge in [-0.3, -0.25) is 4.79 Å². The molecule has 0 aromatic heterocycles. The lowest BCUT2D eigenvalue weighted by Gasteiger charge is -2.42. The van der Waals surface area contributed by atoms with Crippen molar-refractivity contribution in [2.75, 3.05) is 6.61 Å². The fraction of sp³-hybridized carbons (Fsp3) is 0.500. The summed E-state index contributed by atoms with van der Waals surface area (Å²) in [7, 11) is 0. The molecule has 0 aliphatic carbocycles. The molecule has 8 heteroatoms. The molecule has 122 valence electrons. The maximum atomic E-state index is 11.3. The summed E-state index contributed by atoms with van der Waals surface area (Å²) in [5.41, 5.74) is 0. The van der Waals surface area contributed by atoms with Crippen molar-refractivity contribution in [3.8, 4) is 5.75 Å². The van der Waals surface area contributed by atoms with Gasteiger partial charge in [0, 0.05) is 11.9 Å². The van der Waals surface area contributed by atoms with Crippen LogP contribution in [-0.4, -0.2) is 58.5 Å². The molecule has 7 nitrogen and oxygen atoms in total. The predicted octanol–water partition coefficient (Wildman–Crippen LogP) is -0.338. The number of rotatable bonds is 4. The van der Waals surface area contributed by atoms with E-state index in [1.54, 1.807) is 24.3 Å². The minimum absolute atomic E-state index is 0.407. The van der Waals surface area contributed by atoms with E-state index in [9.17, 15) is 20.1 Å². The molecule has 1 aliphatic heterocycles. The number of aliphatic hydroxyl groups is 3. The van der Waals surface area contributed by atoms with E-state index in [1.165, 1.54) is 6.92 Å². The second kappa shape index (κ2) is 7.26. The zero-order valence-corrected chi connectivity index (χ0v) is 12.6. The van der Waals surface area contributed by atoms with Crippen LogP contribution < -0.4 is 10.1 Å². The van der Waals surface area contributed by atoms with E-state index in [0.717, 1.165) is 0 Å². The number of hydrogen-bond acceptors (Lipinski definition) is 6. The van der Waals surface area contributed by atoms with Crippen molar-refractivity contribution < 1.29 is 29.6 Å². The lowest BCUT2D eigenvalue weighted by molar-refractivity contribution is -0.244. The Balaban J connectivity index is 2.18. The van der Waals surface area contributed by atoms with Crippen molar-refractivity contribution in [3.63, 3.8) is 0 Å². The third kappa shape index (κ3) is 3.88. The van der Waals surface area contributed by atoms with E-state index < -0.39 is 43.2 Å². The Labute approximate surface area is 132 Å². The van der Waals surface area contributed by atoms with Gasteiger partial charge in [-0.1, -0.05) is 11.6 Å². The first-order chi connectivity index (χ1) is 10.4. The summed E-state index contributed by atoms with van der Waals surface area (Å²) >= 11 is 5.79. The van der Waals surface area contributed by atoms with E-state index in [4.69, 9.17) is 21.1 Å². The summed E-state index contributed by atoms with van der Waals surface area (Å²) in [5.74, 6) is -0.00274. The molecular weight excluding hydrogens is 314 g/mol. The molecule has 1 aliphatic rings. The Morgan fingerprint density at radius 2 is 1.95 bits per heavy atom. The van der Waals surface area contributed by atoms with Gasteiger partial charge in [-0.05, 0) is 24.3 Å². The fourth-order valence-corrected chi connectivity index (χ4v) is 2.34. The average molecular weight is 332 g/mol. The van der Waals surface area contributed by atoms with Crippen molar-refractivity contribution in [1.29, 1.82) is 0 Å². The fourth-order valence-electron chi connectivity index (χ4n) is 2.22. The number of benzene rings is 1. The molecular formula is C14H18ClNO6. The van der Waals surface area contributed by atoms with Crippen LogP contribution in [0.2, 0.25) is 5.02 Å². The second-order valence-corrected chi connectivity index (χ2v) is 5.44. The second-order valence-electron chi connectivity index (χ2n) is 5.00. The van der Waals surface area contributed by atoms with Gasteiger partial charge in [0.25, 0.3) is 0 Å². The Kier molecular flexibility index (Phi) is 5.60. The lowest BCUT2D eigenvalue weighted by atomic mass is 9.97. The molecule has 0 bridgehead atoms. The quantitative estimate of drug-likeness (QED) is 0.601. The SMILES string of the molecule is CC(=O)N[C@@H]1C(Oc2ccc(Cl)cc2)OC(CO)C(O)C1O. The van der Waals surface area contributed by atoms with Crippen molar-refractivity contribution in [3.05, 3.63) is 29.3 Å². The van der Waals surface area contributed by atoms with Gasteiger partial charge in [-0.15, -0.1) is 0 Å². The average Bonchev–Trinajstić information content (AvgIpc) is 2.48. The van der Waals surface area contributed by atoms with Crippen LogP contribution in [0.25, 0.3) is 0 Å². The number of carbonyl (C=O) groups is 1. The molecule has 0 radical (unpaired) electrons. The summed E-state index contributed by atoms with van der Waals surface area (Å²) in [4.78, 5) is 11.3. The highest BCUT2D eigenvalue weighted by atomic mass is 35.5. The van der Waals surface area contributed by atoms with Crippen LogP contribution in [0.4, 0.5) is 0 Å². The highest BCUT2D eigenvalue weighted by Gasteiger charge is 2.46. The van der Waals surface area contributed by atoms with Gasteiger partial charge >= 0.3 is 0 Å². The van der Waals surface area contributed by atoms with Crippen molar-refractivity contribution >= 4 is 17.5 Å². The Morgan fingerprint density at radius 3 is 2.50 bits per heavy atom. The van der Waals surface area contributed by atoms with E-state index in [-0.39, 0.29) is 0 Å². The first-order valence-corrected chi connectivity index (χ1v) is 7.12. The van der Waals surface area contributed by atoms with Crippen LogP contribution in [0.3, 0.4) is 0 Å². The van der Waals surface area contributed by atoms with Gasteiger partial charge in [-0.2, -0.15) is 0 Å². The molecule has 1 heterocycles. The Bertz CT molecular complexity index is 511. The molecule has 1 fully saturated rings. The molecule has 1 amide bonds. The summed E-state index contributed by atoms with van der Waals surface area (Å²) in [6.07, 6.45) is -4.77. The Hall–Kier alpha value is -1.38. The van der Waals surface area contributed by atoms with Gasteiger partial charge in [0.1, 0.15) is 30.1 Å². The van der Waals surface area contributed by atoms with Crippen LogP contribution in [0.15, 0.2) is 24.3 Å². The number of nitrogens with one attached hydrogen (secondary N) is 1. The van der Waals surface area contributed by atoms with Gasteiger partial charge in [0.2, 0.25) is 12.2 Å². The summed E-state index contributed by atoms with van der Waals surface area (Å²) in [5, 5.41) is 32.2. The van der Waals surface area contributed by atoms with Crippen molar-refractivity contribution in [2.45, 2.75) is 37.6 Å². The number of amides is 1. The van der Waals surface area contributed by atoms with E-state index in [1.807, 2.05) is 0 Å². The number of ether oxygens (including phenoxy) is 2. The topological polar surface area (TPSA) is 108 Å². The smallest absolute Gasteiger partial charge is 0.223 e. The number of carbonyl (C=O) groups excluding carboxylic acids is 1. The molecule has 0 saturated carbocycles. The van der Waals surface area contributed by atoms with E-state index in [2.05, 4.69) is 5.32 Å². The van der Waals surface area contributed by atoms with Crippen molar-refractivity contribution in [1.82, 2.24) is 5.32 Å². The summed E-state index contributed by atoms with van der Waals surface area (Å²) in [6, 6.07) is 5.44. The summed E-state index contributed by atoms with van der Waals surface area (Å²) < 4.78 is 11.0. The standard InChI is InChI=1S/C14H18ClNO6/c1-7(18)16-11-13(20)12(19)10(6-17)22-14(11)21-9-4-2-8(15)3-5-9/h2-5,10-14,17,19-20H,6H2,1H3,(H,16,18)/t10?,11-,12?,13?,14?/m0/s1. The largest absolute Gasteiger partial charge is 0.463 e. The molecule has 1 aromatic rings. The van der Waals surface area contributed by atoms with Gasteiger partial charge in [0.15, 0.2) is 0 Å². The molecule has 22 heavy (non-hydrogen) atoms. The van der Waals surface area contributed by atoms with Crippen LogP contribution in [0.5, 0.6) is 5.75 Å². The summed E-state index contributed by atoms with van der Waals surface area (Å²) in [6.45, 7) is 0.780. The third-order valence-corrected chi connectivity index (χ3v) is 3.57. The molecule has 1 aromatic carbocycles. The predicted molar refractivity (Wildman–Crippen MR) is 77.4 cm³/mol. The van der Waals surface area contributed by atoms with Gasteiger partial charge in [0.05, 0.1) is 6.61 Å². The molecule has 4 unspecified atom stereocenters. The molecule has 2 rings (SSSR count). The molecule has 5 atom stereocenters. The van der Waals surface area contributed by atoms with Gasteiger partial charge in [-0.25, -0.2) is 0 Å². The van der Waals surface area contributed by atoms with Crippen LogP contribution in [0.1, 0.15) is 6.92 Å². The van der Waals surface area contributed by atoms with Crippen LogP contribution >= 0.6 is 11.6 Å². The highest BCUT2D eigenvalue weighted by molar-refractivity contribution is 6.30. The molecule has 0 spiro atoms. The Morgan fingerprint density at radius 1 is 1.32 bits per heavy atom.